The fourth-order valence-corrected chi connectivity index (χ4v) is 2.81. The zero-order valence-electron chi connectivity index (χ0n) is 15.6. The third-order valence-corrected chi connectivity index (χ3v) is 4.11. The molecule has 0 amide bonds. The second-order valence-electron chi connectivity index (χ2n) is 5.48. The lowest BCUT2D eigenvalue weighted by atomic mass is 10.0. The van der Waals surface area contributed by atoms with Crippen LogP contribution < -0.4 is 18.9 Å². The third kappa shape index (κ3) is 3.29. The molecule has 3 aromatic rings. The van der Waals surface area contributed by atoms with Gasteiger partial charge in [0, 0.05) is 11.1 Å². The Kier molecular flexibility index (Phi) is 5.25. The van der Waals surface area contributed by atoms with E-state index in [-0.39, 0.29) is 0 Å². The van der Waals surface area contributed by atoms with Gasteiger partial charge < -0.3 is 18.9 Å². The number of hydrogen-bond donors (Lipinski definition) is 1. The Labute approximate surface area is 156 Å². The normalized spacial score (nSPS) is 10.4. The molecular weight excluding hydrogens is 348 g/mol. The van der Waals surface area contributed by atoms with Crippen molar-refractivity contribution in [3.05, 3.63) is 30.3 Å². The Morgan fingerprint density at radius 1 is 0.778 bits per heavy atom. The van der Waals surface area contributed by atoms with Crippen LogP contribution >= 0.6 is 0 Å². The molecule has 2 aromatic carbocycles. The summed E-state index contributed by atoms with van der Waals surface area (Å²) in [6.45, 7) is 3.59. The van der Waals surface area contributed by atoms with Gasteiger partial charge in [0.15, 0.2) is 11.5 Å². The minimum absolute atomic E-state index is 0.511. The number of ether oxygens (including phenoxy) is 4. The molecule has 0 spiro atoms. The van der Waals surface area contributed by atoms with Gasteiger partial charge in [-0.2, -0.15) is 15.4 Å². The van der Waals surface area contributed by atoms with E-state index >= 15 is 0 Å². The van der Waals surface area contributed by atoms with Crippen molar-refractivity contribution in [2.24, 2.45) is 4.99 Å². The fraction of sp³-hybridized carbons (Fsp3) is 0.211. The molecule has 1 aromatic heterocycles. The number of aromatic amines is 1. The molecule has 140 valence electrons. The maximum absolute atomic E-state index is 5.43. The molecule has 0 bridgehead atoms. The number of nitrogens with one attached hydrogen (secondary N) is 1. The van der Waals surface area contributed by atoms with Gasteiger partial charge in [-0.3, -0.25) is 4.99 Å². The summed E-state index contributed by atoms with van der Waals surface area (Å²) in [7, 11) is 6.27. The van der Waals surface area contributed by atoms with Gasteiger partial charge in [0.2, 0.25) is 5.75 Å². The van der Waals surface area contributed by atoms with Crippen molar-refractivity contribution in [1.82, 2.24) is 15.4 Å². The predicted octanol–water partition coefficient (Wildman–Crippen LogP) is 3.51. The van der Waals surface area contributed by atoms with Crippen molar-refractivity contribution in [1.29, 1.82) is 0 Å². The van der Waals surface area contributed by atoms with Gasteiger partial charge >= 0.3 is 0 Å². The lowest BCUT2D eigenvalue weighted by Crippen LogP contribution is -1.96. The second kappa shape index (κ2) is 7.77. The molecule has 0 saturated carbocycles. The summed E-state index contributed by atoms with van der Waals surface area (Å²) in [4.78, 5) is 4.00. The average Bonchev–Trinajstić information content (AvgIpc) is 3.21. The van der Waals surface area contributed by atoms with E-state index in [2.05, 4.69) is 27.1 Å². The van der Waals surface area contributed by atoms with Gasteiger partial charge in [-0.15, -0.1) is 0 Å². The Bertz CT molecular complexity index is 943. The smallest absolute Gasteiger partial charge is 0.203 e. The topological polar surface area (TPSA) is 90.9 Å². The highest BCUT2D eigenvalue weighted by molar-refractivity contribution is 5.82. The number of benzene rings is 2. The molecule has 8 nitrogen and oxygen atoms in total. The molecule has 0 aliphatic carbocycles. The zero-order chi connectivity index (χ0) is 19.4. The molecule has 27 heavy (non-hydrogen) atoms. The van der Waals surface area contributed by atoms with Crippen LogP contribution in [0.4, 0.5) is 5.69 Å². The highest BCUT2D eigenvalue weighted by Crippen LogP contribution is 2.42. The first-order valence-corrected chi connectivity index (χ1v) is 8.03. The summed E-state index contributed by atoms with van der Waals surface area (Å²) < 4.78 is 21.5. The molecule has 0 unspecified atom stereocenters. The third-order valence-electron chi connectivity index (χ3n) is 4.11. The van der Waals surface area contributed by atoms with Gasteiger partial charge in [-0.25, -0.2) is 0 Å². The van der Waals surface area contributed by atoms with Crippen molar-refractivity contribution in [3.63, 3.8) is 0 Å². The maximum Gasteiger partial charge on any atom is 0.203 e. The molecule has 0 aliphatic rings. The number of aromatic nitrogens is 3. The van der Waals surface area contributed by atoms with E-state index in [1.807, 2.05) is 30.3 Å². The number of H-pyrrole nitrogens is 1. The predicted molar refractivity (Wildman–Crippen MR) is 103 cm³/mol. The lowest BCUT2D eigenvalue weighted by Gasteiger charge is -2.14. The summed E-state index contributed by atoms with van der Waals surface area (Å²) in [6.07, 6.45) is 0. The van der Waals surface area contributed by atoms with Crippen molar-refractivity contribution in [2.75, 3.05) is 28.4 Å². The van der Waals surface area contributed by atoms with Gasteiger partial charge in [0.1, 0.15) is 22.8 Å². The first-order valence-electron chi connectivity index (χ1n) is 8.03. The molecule has 0 aliphatic heterocycles. The van der Waals surface area contributed by atoms with Crippen LogP contribution in [0.3, 0.4) is 0 Å². The van der Waals surface area contributed by atoms with Gasteiger partial charge in [-0.05, 0) is 37.0 Å². The number of nitrogens with zero attached hydrogens (tertiary/aromatic N) is 3. The molecule has 3 rings (SSSR count). The van der Waals surface area contributed by atoms with Gasteiger partial charge in [-0.1, -0.05) is 0 Å². The number of aliphatic imine (C=N–C) groups is 1. The molecule has 0 saturated heterocycles. The number of hydrogen-bond acceptors (Lipinski definition) is 7. The van der Waals surface area contributed by atoms with E-state index in [9.17, 15) is 0 Å². The van der Waals surface area contributed by atoms with E-state index in [1.54, 1.807) is 28.4 Å². The second-order valence-corrected chi connectivity index (χ2v) is 5.48. The maximum atomic E-state index is 5.43. The van der Waals surface area contributed by atoms with Crippen LogP contribution in [0.2, 0.25) is 0 Å². The average molecular weight is 368 g/mol. The van der Waals surface area contributed by atoms with E-state index in [4.69, 9.17) is 18.9 Å². The quantitative estimate of drug-likeness (QED) is 0.642. The van der Waals surface area contributed by atoms with Gasteiger partial charge in [0.05, 0.1) is 28.4 Å². The summed E-state index contributed by atoms with van der Waals surface area (Å²) in [5.41, 5.74) is 3.48. The van der Waals surface area contributed by atoms with Crippen LogP contribution in [0.25, 0.3) is 22.5 Å². The van der Waals surface area contributed by atoms with Crippen molar-refractivity contribution in [3.8, 4) is 45.5 Å². The summed E-state index contributed by atoms with van der Waals surface area (Å²) >= 11 is 0. The van der Waals surface area contributed by atoms with Crippen LogP contribution in [-0.2, 0) is 0 Å². The highest BCUT2D eigenvalue weighted by atomic mass is 16.5. The van der Waals surface area contributed by atoms with Crippen LogP contribution in [0.1, 0.15) is 0 Å². The molecule has 0 radical (unpaired) electrons. The van der Waals surface area contributed by atoms with E-state index < -0.39 is 0 Å². The van der Waals surface area contributed by atoms with E-state index in [0.717, 1.165) is 11.1 Å². The van der Waals surface area contributed by atoms with Crippen molar-refractivity contribution < 1.29 is 18.9 Å². The Morgan fingerprint density at radius 2 is 1.37 bits per heavy atom. The fourth-order valence-electron chi connectivity index (χ4n) is 2.81. The molecule has 1 N–H and O–H groups in total. The van der Waals surface area contributed by atoms with E-state index in [0.29, 0.717) is 40.1 Å². The molecule has 0 atom stereocenters. The minimum Gasteiger partial charge on any atom is -0.494 e. The first kappa shape index (κ1) is 18.2. The van der Waals surface area contributed by atoms with Crippen LogP contribution in [0, 0.1) is 0 Å². The highest BCUT2D eigenvalue weighted by Gasteiger charge is 2.19. The lowest BCUT2D eigenvalue weighted by molar-refractivity contribution is 0.324. The Morgan fingerprint density at radius 3 is 1.89 bits per heavy atom. The summed E-state index contributed by atoms with van der Waals surface area (Å²) in [6, 6.07) is 9.17. The van der Waals surface area contributed by atoms with Crippen molar-refractivity contribution >= 4 is 12.4 Å². The molecule has 0 fully saturated rings. The largest absolute Gasteiger partial charge is 0.494 e. The van der Waals surface area contributed by atoms with Crippen LogP contribution in [0.5, 0.6) is 23.0 Å². The first-order chi connectivity index (χ1) is 13.2. The van der Waals surface area contributed by atoms with Crippen LogP contribution in [-0.4, -0.2) is 50.6 Å². The molecule has 1 heterocycles. The number of methoxy groups -OCH3 is 4. The Balaban J connectivity index is 2.14. The Hall–Kier alpha value is -3.55. The van der Waals surface area contributed by atoms with Crippen LogP contribution in [0.15, 0.2) is 35.3 Å². The zero-order valence-corrected chi connectivity index (χ0v) is 15.6. The molecule has 8 heteroatoms. The van der Waals surface area contributed by atoms with Crippen molar-refractivity contribution in [2.45, 2.75) is 0 Å². The number of rotatable bonds is 7. The summed E-state index contributed by atoms with van der Waals surface area (Å²) in [5, 5.41) is 11.3. The molecular formula is C19H20N4O4. The summed E-state index contributed by atoms with van der Waals surface area (Å²) in [5.74, 6) is 2.20. The standard InChI is InChI=1S/C19H20N4O4/c1-20-13-8-11(6-7-14(13)24-2)17-18(22-23-21-17)12-9-15(25-3)19(27-5)16(10-12)26-4/h6-10H,1H2,2-5H3,(H,21,22,23). The SMILES string of the molecule is C=Nc1cc(-c2n[nH]nc2-c2cc(OC)c(OC)c(OC)c2)ccc1OC. The monoisotopic (exact) mass is 368 g/mol. The minimum atomic E-state index is 0.511. The van der Waals surface area contributed by atoms with Gasteiger partial charge in [0.25, 0.3) is 0 Å². The van der Waals surface area contributed by atoms with E-state index in [1.165, 1.54) is 0 Å².